The Labute approximate surface area is 156 Å². The zero-order valence-corrected chi connectivity index (χ0v) is 15.7. The van der Waals surface area contributed by atoms with E-state index >= 15 is 0 Å². The highest BCUT2D eigenvalue weighted by Gasteiger charge is 2.50. The number of hydrogen-bond acceptors (Lipinski definition) is 3. The van der Waals surface area contributed by atoms with Crippen LogP contribution in [-0.2, 0) is 4.79 Å². The second kappa shape index (κ2) is 8.59. The van der Waals surface area contributed by atoms with Crippen molar-refractivity contribution in [2.45, 2.75) is 76.9 Å². The predicted molar refractivity (Wildman–Crippen MR) is 100 cm³/mol. The van der Waals surface area contributed by atoms with Crippen LogP contribution in [0.2, 0.25) is 0 Å². The van der Waals surface area contributed by atoms with Gasteiger partial charge in [-0.05, 0) is 49.4 Å². The van der Waals surface area contributed by atoms with Crippen LogP contribution in [0.3, 0.4) is 0 Å². The molecule has 0 aromatic heterocycles. The summed E-state index contributed by atoms with van der Waals surface area (Å²) in [6, 6.07) is 0. The van der Waals surface area contributed by atoms with Crippen molar-refractivity contribution >= 4 is 5.97 Å². The number of aliphatic hydroxyl groups excluding tert-OH is 2. The van der Waals surface area contributed by atoms with Crippen LogP contribution in [0.15, 0.2) is 11.6 Å². The van der Waals surface area contributed by atoms with E-state index < -0.39 is 18.2 Å². The van der Waals surface area contributed by atoms with Crippen molar-refractivity contribution in [2.75, 3.05) is 0 Å². The van der Waals surface area contributed by atoms with Gasteiger partial charge < -0.3 is 15.3 Å². The molecule has 3 saturated carbocycles. The summed E-state index contributed by atoms with van der Waals surface area (Å²) in [4.78, 5) is 10.7. The van der Waals surface area contributed by atoms with Gasteiger partial charge in [-0.2, -0.15) is 0 Å². The van der Waals surface area contributed by atoms with Crippen molar-refractivity contribution in [1.29, 1.82) is 0 Å². The second-order valence-electron chi connectivity index (χ2n) is 8.47. The molecule has 0 radical (unpaired) electrons. The third-order valence-corrected chi connectivity index (χ3v) is 6.78. The molecule has 3 N–H and O–H groups in total. The average Bonchev–Trinajstić information content (AvgIpc) is 3.10. The van der Waals surface area contributed by atoms with Crippen LogP contribution in [-0.4, -0.2) is 33.5 Å². The van der Waals surface area contributed by atoms with Crippen molar-refractivity contribution in [2.24, 2.45) is 29.6 Å². The van der Waals surface area contributed by atoms with Crippen LogP contribution >= 0.6 is 0 Å². The average molecular weight is 360 g/mol. The fraction of sp³-hybridized carbons (Fsp3) is 0.773. The molecular formula is C22H32O4. The molecule has 2 unspecified atom stereocenters. The molecule has 3 rings (SSSR count). The molecular weight excluding hydrogens is 328 g/mol. The molecule has 0 aromatic rings. The van der Waals surface area contributed by atoms with Crippen molar-refractivity contribution in [3.63, 3.8) is 0 Å². The minimum atomic E-state index is -0.760. The highest BCUT2D eigenvalue weighted by molar-refractivity contribution is 5.66. The van der Waals surface area contributed by atoms with Crippen molar-refractivity contribution in [3.8, 4) is 11.8 Å². The summed E-state index contributed by atoms with van der Waals surface area (Å²) in [5, 5.41) is 29.5. The first kappa shape index (κ1) is 19.5. The SMILES string of the molecule is CC1C(=CCCC(=O)O)[C@H]2CC[C@@H](O)[C@H](C#CC(O)CC3CCCC3)[C@@H]12. The number of allylic oxidation sites excluding steroid dienone is 2. The van der Waals surface area contributed by atoms with Crippen LogP contribution in [0.5, 0.6) is 0 Å². The fourth-order valence-electron chi connectivity index (χ4n) is 5.42. The van der Waals surface area contributed by atoms with E-state index in [0.717, 1.165) is 19.3 Å². The quantitative estimate of drug-likeness (QED) is 0.519. The van der Waals surface area contributed by atoms with Gasteiger partial charge in [0, 0.05) is 6.42 Å². The van der Waals surface area contributed by atoms with Crippen LogP contribution in [0.1, 0.15) is 64.7 Å². The summed E-state index contributed by atoms with van der Waals surface area (Å²) < 4.78 is 0. The molecule has 144 valence electrons. The molecule has 3 fully saturated rings. The molecule has 0 spiro atoms. The van der Waals surface area contributed by atoms with Crippen molar-refractivity contribution in [3.05, 3.63) is 11.6 Å². The highest BCUT2D eigenvalue weighted by Crippen LogP contribution is 2.55. The maximum Gasteiger partial charge on any atom is 0.303 e. The maximum absolute atomic E-state index is 10.7. The smallest absolute Gasteiger partial charge is 0.303 e. The van der Waals surface area contributed by atoms with E-state index in [0.29, 0.717) is 30.1 Å². The lowest BCUT2D eigenvalue weighted by molar-refractivity contribution is -0.136. The monoisotopic (exact) mass is 360 g/mol. The van der Waals surface area contributed by atoms with Crippen molar-refractivity contribution < 1.29 is 20.1 Å². The number of carboxylic acids is 1. The minimum Gasteiger partial charge on any atom is -0.481 e. The van der Waals surface area contributed by atoms with Gasteiger partial charge >= 0.3 is 5.97 Å². The molecule has 0 amide bonds. The van der Waals surface area contributed by atoms with Crippen LogP contribution in [0.4, 0.5) is 0 Å². The first-order valence-electron chi connectivity index (χ1n) is 10.3. The van der Waals surface area contributed by atoms with Gasteiger partial charge in [-0.1, -0.05) is 56.1 Å². The van der Waals surface area contributed by atoms with E-state index in [1.165, 1.54) is 31.3 Å². The maximum atomic E-state index is 10.7. The topological polar surface area (TPSA) is 77.8 Å². The second-order valence-corrected chi connectivity index (χ2v) is 8.47. The number of aliphatic hydroxyl groups is 2. The number of fused-ring (bicyclic) bond motifs is 1. The largest absolute Gasteiger partial charge is 0.481 e. The summed E-state index contributed by atoms with van der Waals surface area (Å²) >= 11 is 0. The summed E-state index contributed by atoms with van der Waals surface area (Å²) in [6.45, 7) is 2.16. The van der Waals surface area contributed by atoms with Gasteiger partial charge in [-0.3, -0.25) is 4.79 Å². The summed E-state index contributed by atoms with van der Waals surface area (Å²) in [6.07, 6.45) is 9.27. The molecule has 0 saturated heterocycles. The molecule has 0 bridgehead atoms. The summed E-state index contributed by atoms with van der Waals surface area (Å²) in [5.74, 6) is 7.14. The molecule has 4 nitrogen and oxygen atoms in total. The van der Waals surface area contributed by atoms with E-state index in [1.54, 1.807) is 0 Å². The molecule has 4 heteroatoms. The van der Waals surface area contributed by atoms with Crippen LogP contribution in [0.25, 0.3) is 0 Å². The number of carbonyl (C=O) groups is 1. The Balaban J connectivity index is 1.61. The third kappa shape index (κ3) is 4.32. The Morgan fingerprint density at radius 3 is 2.69 bits per heavy atom. The van der Waals surface area contributed by atoms with E-state index in [-0.39, 0.29) is 12.3 Å². The molecule has 0 aliphatic heterocycles. The Kier molecular flexibility index (Phi) is 6.42. The Morgan fingerprint density at radius 2 is 2.00 bits per heavy atom. The molecule has 0 aromatic carbocycles. The van der Waals surface area contributed by atoms with Crippen LogP contribution in [0, 0.1) is 41.4 Å². The van der Waals surface area contributed by atoms with Gasteiger partial charge in [0.25, 0.3) is 0 Å². The minimum absolute atomic E-state index is 0.0707. The van der Waals surface area contributed by atoms with E-state index in [9.17, 15) is 15.0 Å². The van der Waals surface area contributed by atoms with E-state index in [4.69, 9.17) is 5.11 Å². The zero-order valence-electron chi connectivity index (χ0n) is 15.7. The van der Waals surface area contributed by atoms with Gasteiger partial charge in [-0.25, -0.2) is 0 Å². The Hall–Kier alpha value is -1.31. The molecule has 3 aliphatic carbocycles. The molecule has 6 atom stereocenters. The van der Waals surface area contributed by atoms with Crippen LogP contribution < -0.4 is 0 Å². The third-order valence-electron chi connectivity index (χ3n) is 6.78. The fourth-order valence-corrected chi connectivity index (χ4v) is 5.42. The van der Waals surface area contributed by atoms with Crippen molar-refractivity contribution in [1.82, 2.24) is 0 Å². The van der Waals surface area contributed by atoms with Gasteiger partial charge in [0.05, 0.1) is 12.0 Å². The molecule has 0 heterocycles. The Bertz CT molecular complexity index is 593. The van der Waals surface area contributed by atoms with Gasteiger partial charge in [0.15, 0.2) is 0 Å². The first-order chi connectivity index (χ1) is 12.5. The number of hydrogen-bond donors (Lipinski definition) is 3. The predicted octanol–water partition coefficient (Wildman–Crippen LogP) is 3.38. The number of rotatable bonds is 5. The van der Waals surface area contributed by atoms with E-state index in [1.807, 2.05) is 0 Å². The lowest BCUT2D eigenvalue weighted by Gasteiger charge is -2.53. The van der Waals surface area contributed by atoms with Gasteiger partial charge in [-0.15, -0.1) is 0 Å². The lowest BCUT2D eigenvalue weighted by atomic mass is 9.51. The number of carboxylic acid groups (broad SMARTS) is 1. The highest BCUT2D eigenvalue weighted by atomic mass is 16.4. The standard InChI is InChI=1S/C22H32O4/c1-14-17(7-4-8-21(25)26)18-11-12-20(24)19(22(14)18)10-9-16(23)13-15-5-2-3-6-15/h7,14-16,18-20,22-24H,2-6,8,11-13H2,1H3,(H,25,26)/t14?,16?,18-,19+,20-,22+/m1/s1. The normalized spacial score (nSPS) is 36.7. The van der Waals surface area contributed by atoms with E-state index in [2.05, 4.69) is 24.8 Å². The summed E-state index contributed by atoms with van der Waals surface area (Å²) in [7, 11) is 0. The molecule has 26 heavy (non-hydrogen) atoms. The lowest BCUT2D eigenvalue weighted by Crippen LogP contribution is -2.50. The van der Waals surface area contributed by atoms with Gasteiger partial charge in [0.2, 0.25) is 0 Å². The zero-order chi connectivity index (χ0) is 18.7. The summed E-state index contributed by atoms with van der Waals surface area (Å²) in [5.41, 5.74) is 1.35. The first-order valence-corrected chi connectivity index (χ1v) is 10.3. The van der Waals surface area contributed by atoms with Gasteiger partial charge in [0.1, 0.15) is 6.10 Å². The molecule has 3 aliphatic rings. The Morgan fingerprint density at radius 1 is 1.27 bits per heavy atom. The number of aliphatic carboxylic acids is 1.